The van der Waals surface area contributed by atoms with Gasteiger partial charge in [-0.3, -0.25) is 14.3 Å². The molecule has 1 aromatic carbocycles. The number of aromatic nitrogens is 2. The molecule has 0 spiro atoms. The summed E-state index contributed by atoms with van der Waals surface area (Å²) in [6.45, 7) is 1.82. The lowest BCUT2D eigenvalue weighted by molar-refractivity contribution is -0.111. The Morgan fingerprint density at radius 3 is 2.38 bits per heavy atom. The number of carbonyl (C=O) groups is 1. The molecule has 0 atom stereocenters. The summed E-state index contributed by atoms with van der Waals surface area (Å²) in [5.74, 6) is -0.299. The standard InChI is InChI=1S/C22H19N3O2S2/c1-15-20(22(27)25(24(15)2)16-8-4-3-5-9-16)23-21(26)18(19-11-7-13-29-19)14-17-10-6-12-28-17/h3-14H,1-2H3,(H,23,26)/b18-14+. The average Bonchev–Trinajstić information content (AvgIpc) is 3.47. The van der Waals surface area contributed by atoms with Gasteiger partial charge in [0.1, 0.15) is 5.69 Å². The largest absolute Gasteiger partial charge is 0.316 e. The molecule has 3 heterocycles. The first kappa shape index (κ1) is 19.2. The molecule has 3 aromatic heterocycles. The first-order chi connectivity index (χ1) is 14.1. The van der Waals surface area contributed by atoms with Crippen molar-refractivity contribution in [1.29, 1.82) is 0 Å². The van der Waals surface area contributed by atoms with Crippen LogP contribution in [0.1, 0.15) is 15.4 Å². The van der Waals surface area contributed by atoms with Crippen LogP contribution < -0.4 is 10.9 Å². The fourth-order valence-corrected chi connectivity index (χ4v) is 4.49. The first-order valence-corrected chi connectivity index (χ1v) is 10.8. The second kappa shape index (κ2) is 8.06. The number of carbonyl (C=O) groups excluding carboxylic acids is 1. The van der Waals surface area contributed by atoms with Gasteiger partial charge in [0, 0.05) is 16.8 Å². The summed E-state index contributed by atoms with van der Waals surface area (Å²) in [6, 6.07) is 17.1. The normalized spacial score (nSPS) is 11.6. The van der Waals surface area contributed by atoms with Crippen molar-refractivity contribution < 1.29 is 4.79 Å². The van der Waals surface area contributed by atoms with Crippen LogP contribution in [0.4, 0.5) is 5.69 Å². The Labute approximate surface area is 176 Å². The topological polar surface area (TPSA) is 56.0 Å². The van der Waals surface area contributed by atoms with Gasteiger partial charge in [-0.2, -0.15) is 0 Å². The lowest BCUT2D eigenvalue weighted by Crippen LogP contribution is -2.23. The molecule has 0 aliphatic carbocycles. The van der Waals surface area contributed by atoms with Crippen molar-refractivity contribution >= 4 is 45.9 Å². The quantitative estimate of drug-likeness (QED) is 0.471. The predicted octanol–water partition coefficient (Wildman–Crippen LogP) is 4.79. The van der Waals surface area contributed by atoms with Crippen LogP contribution in [0.5, 0.6) is 0 Å². The summed E-state index contributed by atoms with van der Waals surface area (Å²) in [5.41, 5.74) is 2.00. The summed E-state index contributed by atoms with van der Waals surface area (Å²) in [6.07, 6.45) is 1.86. The zero-order valence-electron chi connectivity index (χ0n) is 16.0. The second-order valence-corrected chi connectivity index (χ2v) is 8.37. The third kappa shape index (κ3) is 3.74. The molecule has 7 heteroatoms. The molecule has 146 valence electrons. The maximum atomic E-state index is 13.2. The van der Waals surface area contributed by atoms with Gasteiger partial charge in [-0.15, -0.1) is 22.7 Å². The average molecular weight is 422 g/mol. The number of hydrogen-bond acceptors (Lipinski definition) is 4. The van der Waals surface area contributed by atoms with E-state index in [0.717, 1.165) is 15.4 Å². The number of hydrogen-bond donors (Lipinski definition) is 1. The number of thiophene rings is 2. The zero-order chi connectivity index (χ0) is 20.4. The maximum Gasteiger partial charge on any atom is 0.295 e. The van der Waals surface area contributed by atoms with Gasteiger partial charge in [0.15, 0.2) is 0 Å². The Bertz CT molecular complexity index is 1220. The Morgan fingerprint density at radius 1 is 1.00 bits per heavy atom. The van der Waals surface area contributed by atoms with E-state index in [-0.39, 0.29) is 17.2 Å². The molecule has 4 aromatic rings. The van der Waals surface area contributed by atoms with Gasteiger partial charge in [-0.05, 0) is 48.0 Å². The smallest absolute Gasteiger partial charge is 0.295 e. The highest BCUT2D eigenvalue weighted by Crippen LogP contribution is 2.26. The van der Waals surface area contributed by atoms with Crippen molar-refractivity contribution in [2.45, 2.75) is 6.92 Å². The number of rotatable bonds is 5. The van der Waals surface area contributed by atoms with Crippen LogP contribution in [-0.2, 0) is 11.8 Å². The molecule has 0 fully saturated rings. The molecule has 0 unspecified atom stereocenters. The lowest BCUT2D eigenvalue weighted by atomic mass is 10.1. The minimum absolute atomic E-state index is 0.258. The van der Waals surface area contributed by atoms with Gasteiger partial charge < -0.3 is 5.32 Å². The van der Waals surface area contributed by atoms with Gasteiger partial charge in [-0.1, -0.05) is 30.3 Å². The fourth-order valence-electron chi connectivity index (χ4n) is 3.09. The van der Waals surface area contributed by atoms with E-state index in [4.69, 9.17) is 0 Å². The Kier molecular flexibility index (Phi) is 5.33. The Hall–Kier alpha value is -3.16. The number of nitrogens with zero attached hydrogens (tertiary/aromatic N) is 2. The van der Waals surface area contributed by atoms with Crippen molar-refractivity contribution in [3.05, 3.63) is 91.2 Å². The van der Waals surface area contributed by atoms with Crippen LogP contribution in [0.2, 0.25) is 0 Å². The summed E-state index contributed by atoms with van der Waals surface area (Å²) in [5, 5.41) is 6.76. The van der Waals surface area contributed by atoms with Crippen molar-refractivity contribution in [3.8, 4) is 5.69 Å². The maximum absolute atomic E-state index is 13.2. The van der Waals surface area contributed by atoms with Gasteiger partial charge in [0.2, 0.25) is 0 Å². The molecule has 0 aliphatic rings. The third-order valence-electron chi connectivity index (χ3n) is 4.65. The summed E-state index contributed by atoms with van der Waals surface area (Å²) in [7, 11) is 1.81. The van der Waals surface area contributed by atoms with Crippen LogP contribution in [0.15, 0.2) is 70.2 Å². The molecule has 0 aliphatic heterocycles. The van der Waals surface area contributed by atoms with Crippen molar-refractivity contribution in [2.75, 3.05) is 5.32 Å². The summed E-state index contributed by atoms with van der Waals surface area (Å²) >= 11 is 3.05. The number of amides is 1. The minimum Gasteiger partial charge on any atom is -0.316 e. The van der Waals surface area contributed by atoms with Crippen LogP contribution >= 0.6 is 22.7 Å². The predicted molar refractivity (Wildman–Crippen MR) is 121 cm³/mol. The number of para-hydroxylation sites is 1. The van der Waals surface area contributed by atoms with Crippen LogP contribution in [0.3, 0.4) is 0 Å². The van der Waals surface area contributed by atoms with Gasteiger partial charge in [0.25, 0.3) is 11.5 Å². The van der Waals surface area contributed by atoms with Crippen molar-refractivity contribution in [1.82, 2.24) is 9.36 Å². The van der Waals surface area contributed by atoms with E-state index in [2.05, 4.69) is 5.32 Å². The molecule has 0 bridgehead atoms. The van der Waals surface area contributed by atoms with Crippen LogP contribution in [-0.4, -0.2) is 15.3 Å². The molecule has 29 heavy (non-hydrogen) atoms. The van der Waals surface area contributed by atoms with E-state index in [1.165, 1.54) is 11.3 Å². The SMILES string of the molecule is Cc1c(NC(=O)/C(=C/c2cccs2)c2cccs2)c(=O)n(-c2ccccc2)n1C. The van der Waals surface area contributed by atoms with Crippen molar-refractivity contribution in [3.63, 3.8) is 0 Å². The monoisotopic (exact) mass is 421 g/mol. The number of anilines is 1. The van der Waals surface area contributed by atoms with Gasteiger partial charge in [-0.25, -0.2) is 4.68 Å². The minimum atomic E-state index is -0.299. The molecule has 1 amide bonds. The number of benzene rings is 1. The van der Waals surface area contributed by atoms with E-state index in [1.54, 1.807) is 27.7 Å². The Balaban J connectivity index is 1.74. The van der Waals surface area contributed by atoms with Crippen molar-refractivity contribution in [2.24, 2.45) is 7.05 Å². The molecular formula is C22H19N3O2S2. The second-order valence-electron chi connectivity index (χ2n) is 6.44. The molecule has 0 saturated heterocycles. The van der Waals surface area contributed by atoms with Crippen LogP contribution in [0, 0.1) is 6.92 Å². The van der Waals surface area contributed by atoms with E-state index >= 15 is 0 Å². The highest BCUT2D eigenvalue weighted by Gasteiger charge is 2.21. The molecule has 1 N–H and O–H groups in total. The summed E-state index contributed by atoms with van der Waals surface area (Å²) in [4.78, 5) is 28.1. The lowest BCUT2D eigenvalue weighted by Gasteiger charge is -2.07. The van der Waals surface area contributed by atoms with Crippen LogP contribution in [0.25, 0.3) is 17.3 Å². The van der Waals surface area contributed by atoms with Gasteiger partial charge >= 0.3 is 0 Å². The number of nitrogens with one attached hydrogen (secondary N) is 1. The van der Waals surface area contributed by atoms with E-state index in [1.807, 2.05) is 78.4 Å². The first-order valence-electron chi connectivity index (χ1n) is 9.00. The van der Waals surface area contributed by atoms with E-state index < -0.39 is 0 Å². The third-order valence-corrected chi connectivity index (χ3v) is 6.38. The van der Waals surface area contributed by atoms with E-state index in [0.29, 0.717) is 11.3 Å². The molecule has 5 nitrogen and oxygen atoms in total. The molecule has 4 rings (SSSR count). The molecular weight excluding hydrogens is 402 g/mol. The molecule has 0 radical (unpaired) electrons. The Morgan fingerprint density at radius 2 is 1.72 bits per heavy atom. The fraction of sp³-hybridized carbons (Fsp3) is 0.0909. The summed E-state index contributed by atoms with van der Waals surface area (Å²) < 4.78 is 3.31. The van der Waals surface area contributed by atoms with E-state index in [9.17, 15) is 9.59 Å². The highest BCUT2D eigenvalue weighted by atomic mass is 32.1. The molecule has 0 saturated carbocycles. The zero-order valence-corrected chi connectivity index (χ0v) is 17.6. The highest BCUT2D eigenvalue weighted by molar-refractivity contribution is 7.12. The van der Waals surface area contributed by atoms with Gasteiger partial charge in [0.05, 0.1) is 17.0 Å².